The highest BCUT2D eigenvalue weighted by Crippen LogP contribution is 1.86. The van der Waals surface area contributed by atoms with E-state index in [9.17, 15) is 13.2 Å². The van der Waals surface area contributed by atoms with Crippen molar-refractivity contribution in [3.63, 3.8) is 0 Å². The number of carbonyl (C=O) groups is 1. The lowest BCUT2D eigenvalue weighted by atomic mass is 10.8. The zero-order valence-corrected chi connectivity index (χ0v) is 5.37. The molecule has 0 aromatic rings. The Morgan fingerprint density at radius 2 is 2.00 bits per heavy atom. The maximum atomic E-state index is 9.63. The van der Waals surface area contributed by atoms with Gasteiger partial charge in [-0.15, -0.1) is 0 Å². The first-order chi connectivity index (χ1) is 4.42. The Balaban J connectivity index is 3.49. The smallest absolute Gasteiger partial charge is 0.424 e. The molecule has 8 heteroatoms. The van der Waals surface area contributed by atoms with Crippen LogP contribution in [0.15, 0.2) is 0 Å². The first kappa shape index (κ1) is 9.30. The van der Waals surface area contributed by atoms with Crippen molar-refractivity contribution in [3.05, 3.63) is 0 Å². The highest BCUT2D eigenvalue weighted by Gasteiger charge is 2.06. The van der Waals surface area contributed by atoms with E-state index in [2.05, 4.69) is 9.22 Å². The lowest BCUT2D eigenvalue weighted by molar-refractivity contribution is -0.214. The summed E-state index contributed by atoms with van der Waals surface area (Å²) >= 11 is 0. The molecule has 0 rings (SSSR count). The summed E-state index contributed by atoms with van der Waals surface area (Å²) in [4.78, 5) is 13.1. The number of rotatable bonds is 4. The van der Waals surface area contributed by atoms with Gasteiger partial charge in [0.05, 0.1) is 0 Å². The molecule has 0 amide bonds. The highest BCUT2D eigenvalue weighted by atomic mass is 32.3. The zero-order chi connectivity index (χ0) is 8.20. The van der Waals surface area contributed by atoms with Crippen LogP contribution in [0.2, 0.25) is 0 Å². The Morgan fingerprint density at radius 1 is 1.50 bits per heavy atom. The van der Waals surface area contributed by atoms with Crippen molar-refractivity contribution in [2.24, 2.45) is 0 Å². The van der Waals surface area contributed by atoms with Gasteiger partial charge in [0.15, 0.2) is 6.61 Å². The van der Waals surface area contributed by atoms with Crippen molar-refractivity contribution >= 4 is 16.4 Å². The van der Waals surface area contributed by atoms with Crippen molar-refractivity contribution in [1.82, 2.24) is 0 Å². The normalized spacial score (nSPS) is 11.3. The Labute approximate surface area is 56.1 Å². The van der Waals surface area contributed by atoms with Crippen molar-refractivity contribution in [2.75, 3.05) is 6.61 Å². The first-order valence-corrected chi connectivity index (χ1v) is 3.28. The molecule has 0 aliphatic rings. The number of carboxylic acid groups (broad SMARTS) is 1. The first-order valence-electron chi connectivity index (χ1n) is 1.92. The van der Waals surface area contributed by atoms with E-state index in [1.807, 2.05) is 0 Å². The number of hydrogen-bond donors (Lipinski definition) is 2. The maximum Gasteiger partial charge on any atom is 0.424 e. The summed E-state index contributed by atoms with van der Waals surface area (Å²) in [5.41, 5.74) is 0. The van der Waals surface area contributed by atoms with Gasteiger partial charge in [-0.2, -0.15) is 8.42 Å². The van der Waals surface area contributed by atoms with Gasteiger partial charge in [0, 0.05) is 0 Å². The predicted molar refractivity (Wildman–Crippen MR) is 26.2 cm³/mol. The molecule has 0 atom stereocenters. The summed E-state index contributed by atoms with van der Waals surface area (Å²) in [6.45, 7) is -0.959. The fraction of sp³-hybridized carbons (Fsp3) is 0.500. The molecule has 0 radical (unpaired) electrons. The van der Waals surface area contributed by atoms with Crippen LogP contribution in [0.1, 0.15) is 0 Å². The summed E-state index contributed by atoms with van der Waals surface area (Å²) in [6.07, 6.45) is 0. The molecule has 0 heterocycles. The van der Waals surface area contributed by atoms with Gasteiger partial charge < -0.3 is 5.11 Å². The summed E-state index contributed by atoms with van der Waals surface area (Å²) in [6, 6.07) is 0. The molecule has 0 unspecified atom stereocenters. The summed E-state index contributed by atoms with van der Waals surface area (Å²) in [7, 11) is -4.71. The topological polar surface area (TPSA) is 110 Å². The van der Waals surface area contributed by atoms with Crippen LogP contribution in [0.3, 0.4) is 0 Å². The van der Waals surface area contributed by atoms with Gasteiger partial charge in [-0.25, -0.2) is 9.68 Å². The fourth-order valence-corrected chi connectivity index (χ4v) is 0.305. The van der Waals surface area contributed by atoms with Gasteiger partial charge >= 0.3 is 16.4 Å². The van der Waals surface area contributed by atoms with Crippen LogP contribution >= 0.6 is 0 Å². The average molecular weight is 172 g/mol. The molecule has 7 nitrogen and oxygen atoms in total. The Hall–Kier alpha value is -0.700. The van der Waals surface area contributed by atoms with Gasteiger partial charge in [0.1, 0.15) is 0 Å². The molecule has 10 heavy (non-hydrogen) atoms. The van der Waals surface area contributed by atoms with E-state index in [0.717, 1.165) is 0 Å². The quantitative estimate of drug-likeness (QED) is 0.312. The van der Waals surface area contributed by atoms with Crippen LogP contribution in [0.4, 0.5) is 0 Å². The van der Waals surface area contributed by atoms with E-state index in [1.165, 1.54) is 0 Å². The fourth-order valence-electron chi connectivity index (χ4n) is 0.135. The maximum absolute atomic E-state index is 9.63. The molecule has 0 bridgehead atoms. The van der Waals surface area contributed by atoms with Crippen molar-refractivity contribution < 1.29 is 32.1 Å². The van der Waals surface area contributed by atoms with E-state index in [4.69, 9.17) is 9.66 Å². The molecule has 0 fully saturated rings. The number of carboxylic acids is 1. The summed E-state index contributed by atoms with van der Waals surface area (Å²) in [5.74, 6) is -1.41. The van der Waals surface area contributed by atoms with Crippen LogP contribution in [0.5, 0.6) is 0 Å². The molecule has 0 aliphatic carbocycles. The Bertz CT molecular complexity index is 202. The molecule has 60 valence electrons. The van der Waals surface area contributed by atoms with Crippen LogP contribution in [0, 0.1) is 0 Å². The van der Waals surface area contributed by atoms with Crippen LogP contribution in [-0.2, 0) is 24.4 Å². The molecular weight excluding hydrogens is 168 g/mol. The summed E-state index contributed by atoms with van der Waals surface area (Å²) in [5, 5.41) is 7.83. The van der Waals surface area contributed by atoms with E-state index in [0.29, 0.717) is 0 Å². The molecule has 0 aliphatic heterocycles. The standard InChI is InChI=1S/C2H4O7S/c3-2(4)1-8-9-10(5,6)7/h1H2,(H,3,4)(H,5,6,7). The third-order valence-electron chi connectivity index (χ3n) is 0.316. The van der Waals surface area contributed by atoms with Gasteiger partial charge in [-0.05, 0) is 0 Å². The second kappa shape index (κ2) is 3.46. The van der Waals surface area contributed by atoms with Crippen LogP contribution in [-0.4, -0.2) is 30.7 Å². The lowest BCUT2D eigenvalue weighted by Crippen LogP contribution is -2.11. The number of hydrogen-bond acceptors (Lipinski definition) is 5. The predicted octanol–water partition coefficient (Wildman–Crippen LogP) is -1.18. The molecule has 2 N–H and O–H groups in total. The van der Waals surface area contributed by atoms with Gasteiger partial charge in [-0.1, -0.05) is 4.33 Å². The second-order valence-corrected chi connectivity index (χ2v) is 2.14. The van der Waals surface area contributed by atoms with E-state index in [1.54, 1.807) is 0 Å². The monoisotopic (exact) mass is 172 g/mol. The Morgan fingerprint density at radius 3 is 2.30 bits per heavy atom. The van der Waals surface area contributed by atoms with E-state index >= 15 is 0 Å². The molecule has 0 saturated heterocycles. The van der Waals surface area contributed by atoms with Crippen molar-refractivity contribution in [2.45, 2.75) is 0 Å². The van der Waals surface area contributed by atoms with Gasteiger partial charge in [-0.3, -0.25) is 4.55 Å². The number of aliphatic carboxylic acids is 1. The summed E-state index contributed by atoms with van der Waals surface area (Å²) < 4.78 is 30.2. The zero-order valence-electron chi connectivity index (χ0n) is 4.55. The van der Waals surface area contributed by atoms with Gasteiger partial charge in [0.2, 0.25) is 0 Å². The molecule has 0 spiro atoms. The molecule has 0 aromatic carbocycles. The third kappa shape index (κ3) is 7.30. The highest BCUT2D eigenvalue weighted by molar-refractivity contribution is 7.80. The van der Waals surface area contributed by atoms with Crippen LogP contribution in [0.25, 0.3) is 0 Å². The van der Waals surface area contributed by atoms with E-state index < -0.39 is 23.0 Å². The minimum Gasteiger partial charge on any atom is -0.479 e. The molecule has 0 aromatic heterocycles. The average Bonchev–Trinajstić information content (AvgIpc) is 1.59. The molecular formula is C2H4O7S. The van der Waals surface area contributed by atoms with Gasteiger partial charge in [0.25, 0.3) is 0 Å². The van der Waals surface area contributed by atoms with E-state index in [-0.39, 0.29) is 0 Å². The SMILES string of the molecule is O=C(O)COOS(=O)(=O)O. The minimum atomic E-state index is -4.71. The molecule has 0 saturated carbocycles. The van der Waals surface area contributed by atoms with Crippen LogP contribution < -0.4 is 0 Å². The Kier molecular flexibility index (Phi) is 3.22. The third-order valence-corrected chi connectivity index (χ3v) is 0.585. The minimum absolute atomic E-state index is 0.959. The second-order valence-electron chi connectivity index (χ2n) is 1.15. The largest absolute Gasteiger partial charge is 0.479 e. The lowest BCUT2D eigenvalue weighted by Gasteiger charge is -1.93. The van der Waals surface area contributed by atoms with Crippen molar-refractivity contribution in [3.8, 4) is 0 Å². The van der Waals surface area contributed by atoms with Crippen molar-refractivity contribution in [1.29, 1.82) is 0 Å².